The molecule has 3 heteroatoms. The molecule has 0 saturated carbocycles. The molecule has 0 saturated heterocycles. The molecular weight excluding hydrogens is 360 g/mol. The van der Waals surface area contributed by atoms with Crippen molar-refractivity contribution in [2.45, 2.75) is 18.2 Å². The third kappa shape index (κ3) is 3.72. The van der Waals surface area contributed by atoms with Gasteiger partial charge < -0.3 is 0 Å². The van der Waals surface area contributed by atoms with Crippen molar-refractivity contribution in [3.8, 4) is 0 Å². The monoisotopic (exact) mass is 368 g/mol. The molecule has 0 aromatic heterocycles. The van der Waals surface area contributed by atoms with Gasteiger partial charge in [-0.25, -0.2) is 0 Å². The van der Waals surface area contributed by atoms with Gasteiger partial charge in [-0.1, -0.05) is 59.9 Å². The smallest absolute Gasteiger partial charge is 0.0294 e. The molecule has 1 rings (SSSR count). The molecule has 0 radical (unpaired) electrons. The van der Waals surface area contributed by atoms with Gasteiger partial charge in [0.1, 0.15) is 0 Å². The molecule has 0 aliphatic carbocycles. The van der Waals surface area contributed by atoms with Crippen molar-refractivity contribution in [2.75, 3.05) is 5.33 Å². The minimum absolute atomic E-state index is 0.912. The van der Waals surface area contributed by atoms with Crippen molar-refractivity contribution in [2.24, 2.45) is 0 Å². The van der Waals surface area contributed by atoms with Gasteiger partial charge in [-0.2, -0.15) is 0 Å². The summed E-state index contributed by atoms with van der Waals surface area (Å²) in [5.41, 5.74) is 2.74. The van der Waals surface area contributed by atoms with Gasteiger partial charge in [0.25, 0.3) is 0 Å². The summed E-state index contributed by atoms with van der Waals surface area (Å²) < 4.78 is 1.19. The molecule has 0 nitrogen and oxygen atoms in total. The van der Waals surface area contributed by atoms with Gasteiger partial charge in [0.2, 0.25) is 0 Å². The minimum Gasteiger partial charge on any atom is -0.0928 e. The van der Waals surface area contributed by atoms with Crippen LogP contribution in [0.15, 0.2) is 22.7 Å². The lowest BCUT2D eigenvalue weighted by Crippen LogP contribution is -1.89. The zero-order valence-corrected chi connectivity index (χ0v) is 12.0. The molecule has 0 aliphatic heterocycles. The topological polar surface area (TPSA) is 0 Å². The van der Waals surface area contributed by atoms with E-state index in [-0.39, 0.29) is 0 Å². The Kier molecular flexibility index (Phi) is 5.60. The summed E-state index contributed by atoms with van der Waals surface area (Å²) in [5, 5.41) is 1.99. The molecule has 0 unspecified atom stereocenters. The van der Waals surface area contributed by atoms with E-state index in [1.165, 1.54) is 22.0 Å². The van der Waals surface area contributed by atoms with Gasteiger partial charge in [-0.3, -0.25) is 0 Å². The van der Waals surface area contributed by atoms with Crippen LogP contribution in [0.2, 0.25) is 0 Å². The maximum absolute atomic E-state index is 3.52. The van der Waals surface area contributed by atoms with Crippen molar-refractivity contribution in [3.63, 3.8) is 0 Å². The molecule has 13 heavy (non-hydrogen) atoms. The highest BCUT2D eigenvalue weighted by Crippen LogP contribution is 2.21. The Balaban J connectivity index is 2.74. The van der Waals surface area contributed by atoms with Crippen molar-refractivity contribution in [1.82, 2.24) is 0 Å². The fourth-order valence-electron chi connectivity index (χ4n) is 1.16. The van der Waals surface area contributed by atoms with Gasteiger partial charge in [0.05, 0.1) is 0 Å². The lowest BCUT2D eigenvalue weighted by atomic mass is 10.1. The van der Waals surface area contributed by atoms with Gasteiger partial charge in [-0.05, 0) is 30.0 Å². The van der Waals surface area contributed by atoms with Crippen LogP contribution < -0.4 is 0 Å². The van der Waals surface area contributed by atoms with Crippen molar-refractivity contribution >= 4 is 47.8 Å². The van der Waals surface area contributed by atoms with Crippen molar-refractivity contribution in [3.05, 3.63) is 33.8 Å². The van der Waals surface area contributed by atoms with Crippen LogP contribution >= 0.6 is 47.8 Å². The van der Waals surface area contributed by atoms with E-state index in [0.717, 1.165) is 17.1 Å². The molecule has 0 amide bonds. The highest BCUT2D eigenvalue weighted by atomic mass is 79.9. The van der Waals surface area contributed by atoms with Crippen LogP contribution in [0, 0.1) is 0 Å². The molecule has 0 aliphatic rings. The Hall–Kier alpha value is 0.660. The lowest BCUT2D eigenvalue weighted by molar-refractivity contribution is 0.937. The third-order valence-corrected chi connectivity index (χ3v) is 3.79. The Labute approximate surface area is 104 Å². The molecule has 72 valence electrons. The molecule has 1 aromatic carbocycles. The maximum Gasteiger partial charge on any atom is 0.0294 e. The SMILES string of the molecule is BrCCCc1ccc(Br)c(CBr)c1. The molecule has 1 aromatic rings. The van der Waals surface area contributed by atoms with E-state index >= 15 is 0 Å². The molecule has 0 bridgehead atoms. The first-order chi connectivity index (χ1) is 6.27. The van der Waals surface area contributed by atoms with Gasteiger partial charge in [0.15, 0.2) is 0 Å². The minimum atomic E-state index is 0.912. The Morgan fingerprint density at radius 2 is 1.92 bits per heavy atom. The van der Waals surface area contributed by atoms with Crippen molar-refractivity contribution < 1.29 is 0 Å². The van der Waals surface area contributed by atoms with Crippen LogP contribution in [-0.4, -0.2) is 5.33 Å². The summed E-state index contributed by atoms with van der Waals surface area (Å²) >= 11 is 10.4. The van der Waals surface area contributed by atoms with E-state index in [2.05, 4.69) is 66.0 Å². The molecular formula is C10H11Br3. The molecule has 0 heterocycles. The fourth-order valence-corrected chi connectivity index (χ4v) is 2.66. The van der Waals surface area contributed by atoms with Crippen molar-refractivity contribution in [1.29, 1.82) is 0 Å². The van der Waals surface area contributed by atoms with Crippen LogP contribution in [0.3, 0.4) is 0 Å². The van der Waals surface area contributed by atoms with E-state index in [9.17, 15) is 0 Å². The van der Waals surface area contributed by atoms with Crippen LogP contribution in [0.5, 0.6) is 0 Å². The first kappa shape index (κ1) is 11.7. The van der Waals surface area contributed by atoms with Crippen LogP contribution in [0.4, 0.5) is 0 Å². The zero-order chi connectivity index (χ0) is 9.68. The van der Waals surface area contributed by atoms with E-state index in [1.807, 2.05) is 0 Å². The number of hydrogen-bond donors (Lipinski definition) is 0. The first-order valence-electron chi connectivity index (χ1n) is 4.17. The highest BCUT2D eigenvalue weighted by molar-refractivity contribution is 9.10. The summed E-state index contributed by atoms with van der Waals surface area (Å²) in [6, 6.07) is 6.56. The average Bonchev–Trinajstić information content (AvgIpc) is 2.16. The summed E-state index contributed by atoms with van der Waals surface area (Å²) in [6.45, 7) is 0. The first-order valence-corrected chi connectivity index (χ1v) is 7.20. The van der Waals surface area contributed by atoms with Crippen LogP contribution in [0.1, 0.15) is 17.5 Å². The quantitative estimate of drug-likeness (QED) is 0.675. The van der Waals surface area contributed by atoms with Gasteiger partial charge >= 0.3 is 0 Å². The summed E-state index contributed by atoms with van der Waals surface area (Å²) in [6.07, 6.45) is 2.35. The lowest BCUT2D eigenvalue weighted by Gasteiger charge is -2.04. The van der Waals surface area contributed by atoms with Crippen LogP contribution in [-0.2, 0) is 11.8 Å². The summed E-state index contributed by atoms with van der Waals surface area (Å²) in [4.78, 5) is 0. The summed E-state index contributed by atoms with van der Waals surface area (Å²) in [7, 11) is 0. The second kappa shape index (κ2) is 6.20. The molecule has 0 N–H and O–H groups in total. The highest BCUT2D eigenvalue weighted by Gasteiger charge is 1.99. The average molecular weight is 371 g/mol. The predicted octanol–water partition coefficient (Wildman–Crippen LogP) is 4.67. The number of hydrogen-bond acceptors (Lipinski definition) is 0. The fraction of sp³-hybridized carbons (Fsp3) is 0.400. The summed E-state index contributed by atoms with van der Waals surface area (Å²) in [5.74, 6) is 0. The molecule has 0 fully saturated rings. The predicted molar refractivity (Wildman–Crippen MR) is 68.9 cm³/mol. The number of rotatable bonds is 4. The Morgan fingerprint density at radius 1 is 1.15 bits per heavy atom. The second-order valence-electron chi connectivity index (χ2n) is 2.85. The van der Waals surface area contributed by atoms with E-state index in [0.29, 0.717) is 0 Å². The van der Waals surface area contributed by atoms with E-state index in [1.54, 1.807) is 0 Å². The molecule has 0 spiro atoms. The van der Waals surface area contributed by atoms with Crippen LogP contribution in [0.25, 0.3) is 0 Å². The van der Waals surface area contributed by atoms with Gasteiger partial charge in [0, 0.05) is 15.1 Å². The number of benzene rings is 1. The third-order valence-electron chi connectivity index (χ3n) is 1.85. The number of aryl methyl sites for hydroxylation is 1. The normalized spacial score (nSPS) is 10.4. The van der Waals surface area contributed by atoms with E-state index in [4.69, 9.17) is 0 Å². The Bertz CT molecular complexity index is 271. The second-order valence-corrected chi connectivity index (χ2v) is 5.06. The number of alkyl halides is 2. The zero-order valence-electron chi connectivity index (χ0n) is 7.19. The Morgan fingerprint density at radius 3 is 2.54 bits per heavy atom. The maximum atomic E-state index is 3.52. The number of halogens is 3. The standard InChI is InChI=1S/C10H11Br3/c11-5-1-2-8-3-4-10(13)9(6-8)7-12/h3-4,6H,1-2,5,7H2. The largest absolute Gasteiger partial charge is 0.0928 e. The molecule has 0 atom stereocenters. The van der Waals surface area contributed by atoms with E-state index < -0.39 is 0 Å². The van der Waals surface area contributed by atoms with Gasteiger partial charge in [-0.15, -0.1) is 0 Å².